The molecule has 158 valence electrons. The molecule has 0 N–H and O–H groups in total. The minimum Gasteiger partial charge on any atom is -0.206 e. The molecule has 0 bridgehead atoms. The van der Waals surface area contributed by atoms with Crippen LogP contribution in [0, 0.1) is 35.1 Å². The first-order valence-corrected chi connectivity index (χ1v) is 10.9. The van der Waals surface area contributed by atoms with Gasteiger partial charge < -0.3 is 0 Å². The van der Waals surface area contributed by atoms with E-state index in [1.165, 1.54) is 69.6 Å². The number of aryl methyl sites for hydroxylation is 1. The van der Waals surface area contributed by atoms with Gasteiger partial charge >= 0.3 is 0 Å². The van der Waals surface area contributed by atoms with Gasteiger partial charge in [0.05, 0.1) is 5.56 Å². The molecule has 2 aromatic rings. The van der Waals surface area contributed by atoms with Crippen molar-refractivity contribution in [2.45, 2.75) is 71.1 Å². The zero-order valence-corrected chi connectivity index (χ0v) is 17.1. The summed E-state index contributed by atoms with van der Waals surface area (Å²) in [5.74, 6) is -2.14. The van der Waals surface area contributed by atoms with Gasteiger partial charge in [-0.3, -0.25) is 0 Å². The van der Waals surface area contributed by atoms with Gasteiger partial charge in [-0.2, -0.15) is 0 Å². The van der Waals surface area contributed by atoms with Crippen molar-refractivity contribution >= 4 is 0 Å². The zero-order chi connectivity index (χ0) is 20.8. The lowest BCUT2D eigenvalue weighted by atomic mass is 9.77. The van der Waals surface area contributed by atoms with E-state index in [4.69, 9.17) is 0 Å². The third-order valence-electron chi connectivity index (χ3n) is 6.33. The first kappa shape index (κ1) is 21.9. The second-order valence-electron chi connectivity index (χ2n) is 8.48. The van der Waals surface area contributed by atoms with Gasteiger partial charge in [0.15, 0.2) is 11.6 Å². The minimum atomic E-state index is -1.12. The van der Waals surface area contributed by atoms with Crippen LogP contribution >= 0.6 is 0 Å². The molecule has 0 nitrogen and oxygen atoms in total. The molecule has 0 heterocycles. The number of halogens is 4. The first-order valence-electron chi connectivity index (χ1n) is 10.9. The number of hydrogen-bond donors (Lipinski definition) is 0. The third kappa shape index (κ3) is 5.83. The summed E-state index contributed by atoms with van der Waals surface area (Å²) < 4.78 is 55.6. The van der Waals surface area contributed by atoms with Gasteiger partial charge in [0.25, 0.3) is 0 Å². The van der Waals surface area contributed by atoms with E-state index in [1.807, 2.05) is 0 Å². The van der Waals surface area contributed by atoms with Crippen molar-refractivity contribution in [2.75, 3.05) is 0 Å². The third-order valence-corrected chi connectivity index (χ3v) is 6.33. The standard InChI is InChI=1S/C25H30F4/c1-2-3-4-5-17-6-8-18(9-7-17)10-11-19-14-23(28)25(24(29)15-19)20-12-13-21(26)22(27)16-20/h12-18H,2-11H2,1H3/t17-,18-. The predicted octanol–water partition coefficient (Wildman–Crippen LogP) is 8.23. The van der Waals surface area contributed by atoms with Crippen LogP contribution < -0.4 is 0 Å². The van der Waals surface area contributed by atoms with E-state index in [9.17, 15) is 17.6 Å². The number of benzene rings is 2. The Kier molecular flexibility index (Phi) is 7.74. The highest BCUT2D eigenvalue weighted by atomic mass is 19.2. The molecule has 2 aromatic carbocycles. The van der Waals surface area contributed by atoms with E-state index in [0.717, 1.165) is 24.5 Å². The molecule has 29 heavy (non-hydrogen) atoms. The zero-order valence-electron chi connectivity index (χ0n) is 17.1. The Morgan fingerprint density at radius 1 is 0.724 bits per heavy atom. The lowest BCUT2D eigenvalue weighted by Crippen LogP contribution is -2.15. The number of hydrogen-bond acceptors (Lipinski definition) is 0. The van der Waals surface area contributed by atoms with E-state index in [-0.39, 0.29) is 11.1 Å². The Labute approximate surface area is 171 Å². The van der Waals surface area contributed by atoms with Gasteiger partial charge in [0, 0.05) is 0 Å². The monoisotopic (exact) mass is 406 g/mol. The van der Waals surface area contributed by atoms with E-state index >= 15 is 0 Å². The van der Waals surface area contributed by atoms with Gasteiger partial charge in [-0.15, -0.1) is 0 Å². The Balaban J connectivity index is 1.57. The Hall–Kier alpha value is -1.84. The predicted molar refractivity (Wildman–Crippen MR) is 110 cm³/mol. The van der Waals surface area contributed by atoms with Gasteiger partial charge in [-0.05, 0) is 60.1 Å². The molecule has 0 unspecified atom stereocenters. The summed E-state index contributed by atoms with van der Waals surface area (Å²) in [6.45, 7) is 2.23. The maximum absolute atomic E-state index is 14.5. The van der Waals surface area contributed by atoms with E-state index in [2.05, 4.69) is 6.92 Å². The Morgan fingerprint density at radius 3 is 1.93 bits per heavy atom. The van der Waals surface area contributed by atoms with Crippen molar-refractivity contribution in [3.8, 4) is 11.1 Å². The molecule has 0 aromatic heterocycles. The molecule has 0 spiro atoms. The highest BCUT2D eigenvalue weighted by molar-refractivity contribution is 5.65. The van der Waals surface area contributed by atoms with Crippen LogP contribution in [-0.4, -0.2) is 0 Å². The topological polar surface area (TPSA) is 0 Å². The van der Waals surface area contributed by atoms with Crippen LogP contribution in [0.1, 0.15) is 70.3 Å². The maximum atomic E-state index is 14.5. The van der Waals surface area contributed by atoms with E-state index in [1.54, 1.807) is 0 Å². The minimum absolute atomic E-state index is 0.00634. The molecule has 0 aliphatic heterocycles. The summed E-state index contributed by atoms with van der Waals surface area (Å²) in [4.78, 5) is 0. The average Bonchev–Trinajstić information content (AvgIpc) is 2.70. The molecule has 0 atom stereocenters. The fourth-order valence-electron chi connectivity index (χ4n) is 4.56. The van der Waals surface area contributed by atoms with Gasteiger partial charge in [0.1, 0.15) is 11.6 Å². The summed E-state index contributed by atoms with van der Waals surface area (Å²) in [5, 5.41) is 0. The van der Waals surface area contributed by atoms with Crippen LogP contribution in [0.25, 0.3) is 11.1 Å². The van der Waals surface area contributed by atoms with Crippen LogP contribution in [-0.2, 0) is 6.42 Å². The summed E-state index contributed by atoms with van der Waals surface area (Å²) in [7, 11) is 0. The average molecular weight is 407 g/mol. The van der Waals surface area contributed by atoms with Crippen molar-refractivity contribution in [1.82, 2.24) is 0 Å². The molecule has 1 fully saturated rings. The molecular formula is C25H30F4. The van der Waals surface area contributed by atoms with Crippen molar-refractivity contribution in [2.24, 2.45) is 11.8 Å². The highest BCUT2D eigenvalue weighted by Gasteiger charge is 2.21. The van der Waals surface area contributed by atoms with E-state index in [0.29, 0.717) is 17.9 Å². The van der Waals surface area contributed by atoms with Crippen LogP contribution in [0.2, 0.25) is 0 Å². The molecule has 3 rings (SSSR count). The molecule has 1 aliphatic rings. The second-order valence-corrected chi connectivity index (χ2v) is 8.48. The fourth-order valence-corrected chi connectivity index (χ4v) is 4.56. The van der Waals surface area contributed by atoms with Crippen LogP contribution in [0.15, 0.2) is 30.3 Å². The van der Waals surface area contributed by atoms with Crippen molar-refractivity contribution in [1.29, 1.82) is 0 Å². The molecule has 1 saturated carbocycles. The molecule has 0 saturated heterocycles. The molecular weight excluding hydrogens is 376 g/mol. The van der Waals surface area contributed by atoms with Crippen LogP contribution in [0.4, 0.5) is 17.6 Å². The quantitative estimate of drug-likeness (QED) is 0.306. The molecule has 0 radical (unpaired) electrons. The highest BCUT2D eigenvalue weighted by Crippen LogP contribution is 2.35. The van der Waals surface area contributed by atoms with Crippen molar-refractivity contribution in [3.05, 3.63) is 59.2 Å². The molecule has 1 aliphatic carbocycles. The smallest absolute Gasteiger partial charge is 0.159 e. The second kappa shape index (κ2) is 10.3. The summed E-state index contributed by atoms with van der Waals surface area (Å²) >= 11 is 0. The SMILES string of the molecule is CCCCC[C@H]1CC[C@H](CCc2cc(F)c(-c3ccc(F)c(F)c3)c(F)c2)CC1. The lowest BCUT2D eigenvalue weighted by Gasteiger charge is -2.28. The normalized spacial score (nSPS) is 19.5. The first-order chi connectivity index (χ1) is 14.0. The molecule has 0 amide bonds. The fraction of sp³-hybridized carbons (Fsp3) is 0.520. The number of rotatable bonds is 8. The van der Waals surface area contributed by atoms with Gasteiger partial charge in [-0.1, -0.05) is 64.4 Å². The van der Waals surface area contributed by atoms with Gasteiger partial charge in [0.2, 0.25) is 0 Å². The Bertz CT molecular complexity index is 783. The van der Waals surface area contributed by atoms with Crippen LogP contribution in [0.5, 0.6) is 0 Å². The van der Waals surface area contributed by atoms with Crippen molar-refractivity contribution < 1.29 is 17.6 Å². The number of unbranched alkanes of at least 4 members (excludes halogenated alkanes) is 2. The lowest BCUT2D eigenvalue weighted by molar-refractivity contribution is 0.249. The molecule has 4 heteroatoms. The van der Waals surface area contributed by atoms with Gasteiger partial charge in [-0.25, -0.2) is 17.6 Å². The largest absolute Gasteiger partial charge is 0.206 e. The summed E-state index contributed by atoms with van der Waals surface area (Å²) in [6.07, 6.45) is 11.8. The Morgan fingerprint density at radius 2 is 1.34 bits per heavy atom. The van der Waals surface area contributed by atoms with E-state index < -0.39 is 23.3 Å². The summed E-state index contributed by atoms with van der Waals surface area (Å²) in [6, 6.07) is 5.57. The maximum Gasteiger partial charge on any atom is 0.159 e. The summed E-state index contributed by atoms with van der Waals surface area (Å²) in [5.41, 5.74) is 0.323. The van der Waals surface area contributed by atoms with Crippen LogP contribution in [0.3, 0.4) is 0 Å². The van der Waals surface area contributed by atoms with Crippen molar-refractivity contribution in [3.63, 3.8) is 0 Å².